The van der Waals surface area contributed by atoms with Gasteiger partial charge in [-0.05, 0) is 24.6 Å². The highest BCUT2D eigenvalue weighted by molar-refractivity contribution is 7.99. The standard InChI is InChI=1S/C23H27N3O3S/c27-22(28)10-5-16-29-17-15-25-11-13-26(14-12-25)23-18-6-1-3-8-20(18)30-21-9-4-2-7-19(21)24-23/h1-4,6-9H,5,10-17H2,(H,27,28). The minimum atomic E-state index is -0.765. The maximum atomic E-state index is 10.5. The molecule has 2 aromatic carbocycles. The molecule has 0 radical (unpaired) electrons. The van der Waals surface area contributed by atoms with Crippen LogP contribution in [0.4, 0.5) is 5.69 Å². The molecule has 1 saturated heterocycles. The van der Waals surface area contributed by atoms with E-state index in [2.05, 4.69) is 52.3 Å². The van der Waals surface area contributed by atoms with Crippen LogP contribution < -0.4 is 0 Å². The number of para-hydroxylation sites is 1. The lowest BCUT2D eigenvalue weighted by Crippen LogP contribution is -2.49. The van der Waals surface area contributed by atoms with Crippen LogP contribution >= 0.6 is 11.8 Å². The van der Waals surface area contributed by atoms with E-state index in [0.717, 1.165) is 44.2 Å². The van der Waals surface area contributed by atoms with Crippen molar-refractivity contribution >= 4 is 29.3 Å². The molecule has 0 unspecified atom stereocenters. The smallest absolute Gasteiger partial charge is 0.303 e. The number of carbonyl (C=O) groups is 1. The van der Waals surface area contributed by atoms with Crippen LogP contribution in [0.25, 0.3) is 0 Å². The van der Waals surface area contributed by atoms with Gasteiger partial charge >= 0.3 is 5.97 Å². The molecule has 2 aliphatic rings. The third kappa shape index (κ3) is 5.22. The molecular formula is C23H27N3O3S. The van der Waals surface area contributed by atoms with Gasteiger partial charge in [0, 0.05) is 61.1 Å². The van der Waals surface area contributed by atoms with Gasteiger partial charge in [-0.3, -0.25) is 9.69 Å². The van der Waals surface area contributed by atoms with Crippen LogP contribution in [-0.2, 0) is 9.53 Å². The third-order valence-corrected chi connectivity index (χ3v) is 6.48. The van der Waals surface area contributed by atoms with E-state index in [1.165, 1.54) is 15.4 Å². The van der Waals surface area contributed by atoms with Gasteiger partial charge < -0.3 is 14.7 Å². The fraction of sp³-hybridized carbons (Fsp3) is 0.391. The molecule has 158 valence electrons. The van der Waals surface area contributed by atoms with E-state index in [-0.39, 0.29) is 6.42 Å². The number of aliphatic imine (C=N–C) groups is 1. The minimum absolute atomic E-state index is 0.170. The Balaban J connectivity index is 1.36. The quantitative estimate of drug-likeness (QED) is 0.682. The number of aliphatic carboxylic acids is 1. The Kier molecular flexibility index (Phi) is 7.04. The van der Waals surface area contributed by atoms with Crippen LogP contribution in [0.1, 0.15) is 18.4 Å². The molecule has 0 aromatic heterocycles. The minimum Gasteiger partial charge on any atom is -0.481 e. The van der Waals surface area contributed by atoms with E-state index in [0.29, 0.717) is 19.6 Å². The van der Waals surface area contributed by atoms with Crippen molar-refractivity contribution in [1.29, 1.82) is 0 Å². The molecule has 0 saturated carbocycles. The zero-order chi connectivity index (χ0) is 20.8. The molecule has 2 aliphatic heterocycles. The lowest BCUT2D eigenvalue weighted by atomic mass is 10.1. The van der Waals surface area contributed by atoms with E-state index in [9.17, 15) is 4.79 Å². The van der Waals surface area contributed by atoms with Crippen LogP contribution in [0, 0.1) is 0 Å². The van der Waals surface area contributed by atoms with Crippen LogP contribution in [0.5, 0.6) is 0 Å². The fourth-order valence-electron chi connectivity index (χ4n) is 3.71. The van der Waals surface area contributed by atoms with Gasteiger partial charge in [-0.1, -0.05) is 42.1 Å². The van der Waals surface area contributed by atoms with Crippen molar-refractivity contribution in [3.63, 3.8) is 0 Å². The number of fused-ring (bicyclic) bond motifs is 2. The Morgan fingerprint density at radius 1 is 1.00 bits per heavy atom. The summed E-state index contributed by atoms with van der Waals surface area (Å²) in [6.07, 6.45) is 0.742. The lowest BCUT2D eigenvalue weighted by molar-refractivity contribution is -0.137. The second kappa shape index (κ2) is 10.1. The normalized spacial score (nSPS) is 16.4. The highest BCUT2D eigenvalue weighted by Gasteiger charge is 2.25. The summed E-state index contributed by atoms with van der Waals surface area (Å²) in [5, 5.41) is 8.66. The average Bonchev–Trinajstić information content (AvgIpc) is 2.93. The molecule has 2 aromatic rings. The molecule has 0 aliphatic carbocycles. The van der Waals surface area contributed by atoms with Crippen molar-refractivity contribution in [2.75, 3.05) is 45.9 Å². The first-order chi connectivity index (χ1) is 14.7. The van der Waals surface area contributed by atoms with Gasteiger partial charge in [0.25, 0.3) is 0 Å². The number of piperazine rings is 1. The van der Waals surface area contributed by atoms with Gasteiger partial charge in [-0.25, -0.2) is 4.99 Å². The number of ether oxygens (including phenoxy) is 1. The van der Waals surface area contributed by atoms with E-state index in [1.807, 2.05) is 6.07 Å². The average molecular weight is 426 g/mol. The van der Waals surface area contributed by atoms with Crippen LogP contribution in [0.3, 0.4) is 0 Å². The maximum Gasteiger partial charge on any atom is 0.303 e. The summed E-state index contributed by atoms with van der Waals surface area (Å²) in [5.41, 5.74) is 2.24. The number of carboxylic acids is 1. The lowest BCUT2D eigenvalue weighted by Gasteiger charge is -2.36. The number of hydrogen-bond acceptors (Lipinski definition) is 6. The zero-order valence-electron chi connectivity index (χ0n) is 17.0. The molecule has 0 atom stereocenters. The van der Waals surface area contributed by atoms with Crippen molar-refractivity contribution in [3.05, 3.63) is 54.1 Å². The predicted molar refractivity (Wildman–Crippen MR) is 119 cm³/mol. The highest BCUT2D eigenvalue weighted by Crippen LogP contribution is 2.40. The topological polar surface area (TPSA) is 65.4 Å². The highest BCUT2D eigenvalue weighted by atomic mass is 32.2. The molecule has 0 bridgehead atoms. The second-order valence-corrected chi connectivity index (χ2v) is 8.52. The molecule has 1 N–H and O–H groups in total. The summed E-state index contributed by atoms with van der Waals surface area (Å²) < 4.78 is 5.59. The maximum absolute atomic E-state index is 10.5. The van der Waals surface area contributed by atoms with E-state index in [4.69, 9.17) is 14.8 Å². The number of nitrogens with zero attached hydrogens (tertiary/aromatic N) is 3. The van der Waals surface area contributed by atoms with Crippen LogP contribution in [0.15, 0.2) is 63.3 Å². The van der Waals surface area contributed by atoms with E-state index < -0.39 is 5.97 Å². The third-order valence-electron chi connectivity index (χ3n) is 5.34. The fourth-order valence-corrected chi connectivity index (χ4v) is 4.73. The SMILES string of the molecule is O=C(O)CCCOCCN1CCN(C2=Nc3ccccc3Sc3ccccc32)CC1. The van der Waals surface area contributed by atoms with E-state index >= 15 is 0 Å². The van der Waals surface area contributed by atoms with Crippen LogP contribution in [0.2, 0.25) is 0 Å². The number of benzene rings is 2. The Bertz CT molecular complexity index is 910. The van der Waals surface area contributed by atoms with Gasteiger partial charge in [0.2, 0.25) is 0 Å². The number of hydrogen-bond donors (Lipinski definition) is 1. The van der Waals surface area contributed by atoms with Crippen molar-refractivity contribution in [1.82, 2.24) is 9.80 Å². The summed E-state index contributed by atoms with van der Waals surface area (Å²) in [5.74, 6) is 0.298. The summed E-state index contributed by atoms with van der Waals surface area (Å²) in [4.78, 5) is 22.8. The Morgan fingerprint density at radius 3 is 2.53 bits per heavy atom. The van der Waals surface area contributed by atoms with Crippen LogP contribution in [-0.4, -0.2) is 72.6 Å². The Morgan fingerprint density at radius 2 is 1.73 bits per heavy atom. The molecule has 1 fully saturated rings. The molecule has 0 amide bonds. The summed E-state index contributed by atoms with van der Waals surface area (Å²) in [6.45, 7) is 5.83. The van der Waals surface area contributed by atoms with Crippen molar-refractivity contribution in [2.45, 2.75) is 22.6 Å². The van der Waals surface area contributed by atoms with E-state index in [1.54, 1.807) is 11.8 Å². The monoisotopic (exact) mass is 425 g/mol. The van der Waals surface area contributed by atoms with Gasteiger partial charge in [0.05, 0.1) is 12.3 Å². The first-order valence-electron chi connectivity index (χ1n) is 10.4. The first-order valence-corrected chi connectivity index (χ1v) is 11.2. The summed E-state index contributed by atoms with van der Waals surface area (Å²) in [7, 11) is 0. The summed E-state index contributed by atoms with van der Waals surface area (Å²) in [6, 6.07) is 16.9. The molecule has 4 rings (SSSR count). The van der Waals surface area contributed by atoms with Crippen molar-refractivity contribution in [2.24, 2.45) is 4.99 Å². The molecule has 0 spiro atoms. The number of amidine groups is 1. The summed E-state index contributed by atoms with van der Waals surface area (Å²) >= 11 is 1.79. The van der Waals surface area contributed by atoms with Gasteiger partial charge in [-0.2, -0.15) is 0 Å². The largest absolute Gasteiger partial charge is 0.481 e. The molecule has 6 nitrogen and oxygen atoms in total. The molecule has 2 heterocycles. The zero-order valence-corrected chi connectivity index (χ0v) is 17.8. The van der Waals surface area contributed by atoms with Gasteiger partial charge in [0.15, 0.2) is 0 Å². The van der Waals surface area contributed by atoms with Gasteiger partial charge in [0.1, 0.15) is 5.84 Å². The molecular weight excluding hydrogens is 398 g/mol. The van der Waals surface area contributed by atoms with Crippen molar-refractivity contribution < 1.29 is 14.6 Å². The Hall–Kier alpha value is -2.35. The van der Waals surface area contributed by atoms with Gasteiger partial charge in [-0.15, -0.1) is 0 Å². The molecule has 30 heavy (non-hydrogen) atoms. The Labute approximate surface area is 181 Å². The number of carboxylic acid groups (broad SMARTS) is 1. The molecule has 7 heteroatoms. The first kappa shape index (κ1) is 20.9. The second-order valence-electron chi connectivity index (χ2n) is 7.44. The number of rotatable bonds is 7. The van der Waals surface area contributed by atoms with Crippen molar-refractivity contribution in [3.8, 4) is 0 Å². The predicted octanol–water partition coefficient (Wildman–Crippen LogP) is 3.73.